The lowest BCUT2D eigenvalue weighted by Gasteiger charge is -2.22. The van der Waals surface area contributed by atoms with Gasteiger partial charge in [0.25, 0.3) is 11.2 Å². The summed E-state index contributed by atoms with van der Waals surface area (Å²) in [6, 6.07) is 8.68. The highest BCUT2D eigenvalue weighted by Gasteiger charge is 2.18. The van der Waals surface area contributed by atoms with Gasteiger partial charge in [0, 0.05) is 23.9 Å². The standard InChI is InChI=1S/C17H19N3O4/c1-4-19(14-7-5-6-12(2)8-14)16(21)11-18-10-15(20(23)24)9-13(3)17(18)22/h5-10H,4,11H2,1-3H3. The Balaban J connectivity index is 2.34. The molecule has 7 heteroatoms. The molecule has 0 spiro atoms. The van der Waals surface area contributed by atoms with Gasteiger partial charge in [-0.05, 0) is 38.5 Å². The van der Waals surface area contributed by atoms with Crippen molar-refractivity contribution in [3.63, 3.8) is 0 Å². The monoisotopic (exact) mass is 329 g/mol. The average molecular weight is 329 g/mol. The zero-order chi connectivity index (χ0) is 17.9. The number of benzene rings is 1. The lowest BCUT2D eigenvalue weighted by molar-refractivity contribution is -0.385. The van der Waals surface area contributed by atoms with E-state index >= 15 is 0 Å². The Kier molecular flexibility index (Phi) is 5.13. The van der Waals surface area contributed by atoms with Gasteiger partial charge in [-0.1, -0.05) is 12.1 Å². The Morgan fingerprint density at radius 2 is 2.00 bits per heavy atom. The molecule has 1 heterocycles. The summed E-state index contributed by atoms with van der Waals surface area (Å²) < 4.78 is 1.09. The molecule has 0 unspecified atom stereocenters. The third-order valence-corrected chi connectivity index (χ3v) is 3.70. The topological polar surface area (TPSA) is 85.4 Å². The third kappa shape index (κ3) is 3.68. The van der Waals surface area contributed by atoms with E-state index in [4.69, 9.17) is 0 Å². The predicted molar refractivity (Wildman–Crippen MR) is 91.3 cm³/mol. The minimum Gasteiger partial charge on any atom is -0.311 e. The number of nitro groups is 1. The van der Waals surface area contributed by atoms with Gasteiger partial charge in [0.05, 0.1) is 11.1 Å². The molecule has 0 saturated carbocycles. The number of rotatable bonds is 5. The number of pyridine rings is 1. The fraction of sp³-hybridized carbons (Fsp3) is 0.294. The molecule has 0 fully saturated rings. The quantitative estimate of drug-likeness (QED) is 0.623. The highest BCUT2D eigenvalue weighted by molar-refractivity contribution is 5.93. The number of carbonyl (C=O) groups excluding carboxylic acids is 1. The SMILES string of the molecule is CCN(C(=O)Cn1cc([N+](=O)[O-])cc(C)c1=O)c1cccc(C)c1. The van der Waals surface area contributed by atoms with Crippen LogP contribution in [0.2, 0.25) is 0 Å². The molecule has 1 amide bonds. The number of nitrogens with zero attached hydrogens (tertiary/aromatic N) is 3. The smallest absolute Gasteiger partial charge is 0.286 e. The Hall–Kier alpha value is -2.96. The lowest BCUT2D eigenvalue weighted by Crippen LogP contribution is -2.36. The van der Waals surface area contributed by atoms with Gasteiger partial charge in [0.15, 0.2) is 0 Å². The Labute approximate surface area is 139 Å². The van der Waals surface area contributed by atoms with Crippen molar-refractivity contribution in [2.45, 2.75) is 27.3 Å². The second-order valence-electron chi connectivity index (χ2n) is 5.55. The van der Waals surface area contributed by atoms with E-state index < -0.39 is 10.5 Å². The first-order valence-electron chi connectivity index (χ1n) is 7.56. The average Bonchev–Trinajstić information content (AvgIpc) is 2.52. The molecule has 0 aliphatic heterocycles. The van der Waals surface area contributed by atoms with E-state index in [9.17, 15) is 19.7 Å². The van der Waals surface area contributed by atoms with Gasteiger partial charge in [0.1, 0.15) is 6.54 Å². The molecule has 0 aliphatic carbocycles. The van der Waals surface area contributed by atoms with E-state index in [1.165, 1.54) is 13.0 Å². The fourth-order valence-electron chi connectivity index (χ4n) is 2.51. The Morgan fingerprint density at radius 1 is 1.29 bits per heavy atom. The number of carbonyl (C=O) groups is 1. The van der Waals surface area contributed by atoms with Gasteiger partial charge in [0.2, 0.25) is 5.91 Å². The fourth-order valence-corrected chi connectivity index (χ4v) is 2.51. The first-order chi connectivity index (χ1) is 11.3. The van der Waals surface area contributed by atoms with Crippen LogP contribution in [0.5, 0.6) is 0 Å². The van der Waals surface area contributed by atoms with Crippen molar-refractivity contribution in [3.8, 4) is 0 Å². The number of likely N-dealkylation sites (N-methyl/N-ethyl adjacent to an activating group) is 1. The molecule has 1 aromatic heterocycles. The number of hydrogen-bond acceptors (Lipinski definition) is 4. The lowest BCUT2D eigenvalue weighted by atomic mass is 10.2. The van der Waals surface area contributed by atoms with E-state index in [-0.39, 0.29) is 23.7 Å². The highest BCUT2D eigenvalue weighted by atomic mass is 16.6. The van der Waals surface area contributed by atoms with Crippen molar-refractivity contribution < 1.29 is 9.72 Å². The molecule has 0 atom stereocenters. The molecule has 24 heavy (non-hydrogen) atoms. The van der Waals surface area contributed by atoms with Crippen molar-refractivity contribution >= 4 is 17.3 Å². The van der Waals surface area contributed by atoms with Crippen molar-refractivity contribution in [3.05, 3.63) is 68.1 Å². The van der Waals surface area contributed by atoms with E-state index in [1.807, 2.05) is 38.1 Å². The number of hydrogen-bond donors (Lipinski definition) is 0. The molecular weight excluding hydrogens is 310 g/mol. The summed E-state index contributed by atoms with van der Waals surface area (Å²) in [5.74, 6) is -0.301. The van der Waals surface area contributed by atoms with Crippen LogP contribution in [0.25, 0.3) is 0 Å². The van der Waals surface area contributed by atoms with Crippen LogP contribution in [0.3, 0.4) is 0 Å². The zero-order valence-corrected chi connectivity index (χ0v) is 13.9. The van der Waals surface area contributed by atoms with E-state index in [0.29, 0.717) is 6.54 Å². The largest absolute Gasteiger partial charge is 0.311 e. The maximum atomic E-state index is 12.6. The summed E-state index contributed by atoms with van der Waals surface area (Å²) in [7, 11) is 0. The first-order valence-corrected chi connectivity index (χ1v) is 7.56. The summed E-state index contributed by atoms with van der Waals surface area (Å²) >= 11 is 0. The second-order valence-corrected chi connectivity index (χ2v) is 5.55. The Bertz CT molecular complexity index is 842. The van der Waals surface area contributed by atoms with Gasteiger partial charge in [-0.3, -0.25) is 24.3 Å². The maximum absolute atomic E-state index is 12.6. The molecule has 0 aliphatic rings. The number of anilines is 1. The molecule has 7 nitrogen and oxygen atoms in total. The van der Waals surface area contributed by atoms with E-state index in [2.05, 4.69) is 0 Å². The van der Waals surface area contributed by atoms with Crippen LogP contribution in [0.15, 0.2) is 41.3 Å². The molecule has 0 saturated heterocycles. The van der Waals surface area contributed by atoms with Crippen LogP contribution >= 0.6 is 0 Å². The van der Waals surface area contributed by atoms with E-state index in [0.717, 1.165) is 22.0 Å². The molecule has 2 aromatic rings. The van der Waals surface area contributed by atoms with Crippen LogP contribution < -0.4 is 10.5 Å². The summed E-state index contributed by atoms with van der Waals surface area (Å²) in [5.41, 5.74) is 1.36. The minimum atomic E-state index is -0.578. The molecule has 1 aromatic carbocycles. The molecule has 0 radical (unpaired) electrons. The van der Waals surface area contributed by atoms with Crippen molar-refractivity contribution in [2.24, 2.45) is 0 Å². The van der Waals surface area contributed by atoms with Crippen molar-refractivity contribution in [1.29, 1.82) is 0 Å². The van der Waals surface area contributed by atoms with Gasteiger partial charge in [-0.15, -0.1) is 0 Å². The summed E-state index contributed by atoms with van der Waals surface area (Å²) in [6.07, 6.45) is 1.11. The third-order valence-electron chi connectivity index (χ3n) is 3.70. The number of amides is 1. The van der Waals surface area contributed by atoms with Crippen LogP contribution in [-0.4, -0.2) is 21.9 Å². The van der Waals surface area contributed by atoms with Gasteiger partial charge >= 0.3 is 0 Å². The molecule has 0 bridgehead atoms. The highest BCUT2D eigenvalue weighted by Crippen LogP contribution is 2.17. The van der Waals surface area contributed by atoms with Crippen LogP contribution in [-0.2, 0) is 11.3 Å². The molecule has 0 N–H and O–H groups in total. The summed E-state index contributed by atoms with van der Waals surface area (Å²) in [5, 5.41) is 10.9. The van der Waals surface area contributed by atoms with Crippen LogP contribution in [0, 0.1) is 24.0 Å². The molecule has 126 valence electrons. The summed E-state index contributed by atoms with van der Waals surface area (Å²) in [6.45, 7) is 5.44. The predicted octanol–water partition coefficient (Wildman–Crippen LogP) is 2.43. The zero-order valence-electron chi connectivity index (χ0n) is 13.9. The summed E-state index contributed by atoms with van der Waals surface area (Å²) in [4.78, 5) is 36.7. The Morgan fingerprint density at radius 3 is 2.58 bits per heavy atom. The number of aryl methyl sites for hydroxylation is 2. The maximum Gasteiger partial charge on any atom is 0.286 e. The van der Waals surface area contributed by atoms with Gasteiger partial charge < -0.3 is 4.90 Å². The second kappa shape index (κ2) is 7.08. The van der Waals surface area contributed by atoms with E-state index in [1.54, 1.807) is 4.90 Å². The van der Waals surface area contributed by atoms with Gasteiger partial charge in [-0.2, -0.15) is 0 Å². The molecular formula is C17H19N3O4. The van der Waals surface area contributed by atoms with Gasteiger partial charge in [-0.25, -0.2) is 0 Å². The number of aromatic nitrogens is 1. The minimum absolute atomic E-state index is 0.210. The van der Waals surface area contributed by atoms with Crippen molar-refractivity contribution in [2.75, 3.05) is 11.4 Å². The first kappa shape index (κ1) is 17.4. The van der Waals surface area contributed by atoms with Crippen LogP contribution in [0.1, 0.15) is 18.1 Å². The van der Waals surface area contributed by atoms with Crippen LogP contribution in [0.4, 0.5) is 11.4 Å². The van der Waals surface area contributed by atoms with Crippen molar-refractivity contribution in [1.82, 2.24) is 4.57 Å². The normalized spacial score (nSPS) is 10.5. The molecule has 2 rings (SSSR count).